The average molecular weight is 351 g/mol. The van der Waals surface area contributed by atoms with Crippen LogP contribution in [0.1, 0.15) is 26.3 Å². The van der Waals surface area contributed by atoms with E-state index in [2.05, 4.69) is 22.9 Å². The summed E-state index contributed by atoms with van der Waals surface area (Å²) in [5.74, 6) is 1.67. The number of anilines is 2. The van der Waals surface area contributed by atoms with E-state index in [0.29, 0.717) is 6.01 Å². The molecule has 0 aliphatic heterocycles. The van der Waals surface area contributed by atoms with Crippen LogP contribution in [0.25, 0.3) is 10.9 Å². The number of benzene rings is 2. The fourth-order valence-electron chi connectivity index (χ4n) is 2.94. The number of methoxy groups -OCH3 is 1. The molecule has 3 rings (SSSR count). The summed E-state index contributed by atoms with van der Waals surface area (Å²) in [5, 5.41) is 1.06. The van der Waals surface area contributed by atoms with Gasteiger partial charge in [0, 0.05) is 18.1 Å². The minimum absolute atomic E-state index is 0.0148. The summed E-state index contributed by atoms with van der Waals surface area (Å²) >= 11 is 0. The molecule has 0 N–H and O–H groups in total. The molecule has 0 atom stereocenters. The van der Waals surface area contributed by atoms with Crippen LogP contribution >= 0.6 is 0 Å². The van der Waals surface area contributed by atoms with Crippen molar-refractivity contribution < 1.29 is 9.47 Å². The normalized spacial score (nSPS) is 11.0. The summed E-state index contributed by atoms with van der Waals surface area (Å²) in [6.07, 6.45) is 0.926. The standard InChI is InChI=1S/C21H25N3O2/c1-6-15-8-7-9-18-19(15)20(23-21(22-18)26-14(2)3)24(4)16-10-12-17(25-5)13-11-16/h7-14H,6H2,1-5H3. The minimum Gasteiger partial charge on any atom is -0.497 e. The summed E-state index contributed by atoms with van der Waals surface area (Å²) in [6, 6.07) is 14.5. The van der Waals surface area contributed by atoms with Crippen LogP contribution in [0.2, 0.25) is 0 Å². The smallest absolute Gasteiger partial charge is 0.319 e. The van der Waals surface area contributed by atoms with Crippen molar-refractivity contribution in [2.24, 2.45) is 0 Å². The van der Waals surface area contributed by atoms with Crippen molar-refractivity contribution in [3.8, 4) is 11.8 Å². The molecule has 136 valence electrons. The highest BCUT2D eigenvalue weighted by molar-refractivity contribution is 5.94. The quantitative estimate of drug-likeness (QED) is 0.641. The van der Waals surface area contributed by atoms with Crippen LogP contribution in [0.4, 0.5) is 11.5 Å². The number of rotatable bonds is 6. The SMILES string of the molecule is CCc1cccc2nc(OC(C)C)nc(N(C)c3ccc(OC)cc3)c12. The van der Waals surface area contributed by atoms with Crippen molar-refractivity contribution in [1.29, 1.82) is 0 Å². The van der Waals surface area contributed by atoms with Crippen molar-refractivity contribution in [3.05, 3.63) is 48.0 Å². The van der Waals surface area contributed by atoms with Crippen LogP contribution in [0.15, 0.2) is 42.5 Å². The molecule has 0 bridgehead atoms. The predicted octanol–water partition coefficient (Wildman–Crippen LogP) is 4.76. The summed E-state index contributed by atoms with van der Waals surface area (Å²) < 4.78 is 11.1. The molecule has 0 fully saturated rings. The zero-order valence-electron chi connectivity index (χ0n) is 16.0. The molecule has 5 heteroatoms. The van der Waals surface area contributed by atoms with Gasteiger partial charge in [-0.2, -0.15) is 9.97 Å². The lowest BCUT2D eigenvalue weighted by molar-refractivity contribution is 0.223. The molecule has 26 heavy (non-hydrogen) atoms. The Morgan fingerprint density at radius 1 is 1.04 bits per heavy atom. The number of aryl methyl sites for hydroxylation is 1. The summed E-state index contributed by atoms with van der Waals surface area (Å²) in [6.45, 7) is 6.09. The topological polar surface area (TPSA) is 47.5 Å². The Morgan fingerprint density at radius 3 is 2.38 bits per heavy atom. The first-order chi connectivity index (χ1) is 12.5. The molecule has 0 amide bonds. The molecule has 3 aromatic rings. The van der Waals surface area contributed by atoms with Crippen LogP contribution in [0.3, 0.4) is 0 Å². The van der Waals surface area contributed by atoms with Gasteiger partial charge in [0.25, 0.3) is 0 Å². The van der Waals surface area contributed by atoms with E-state index in [-0.39, 0.29) is 6.10 Å². The lowest BCUT2D eigenvalue weighted by atomic mass is 10.1. The van der Waals surface area contributed by atoms with Crippen molar-refractivity contribution >= 4 is 22.4 Å². The second-order valence-corrected chi connectivity index (χ2v) is 6.42. The van der Waals surface area contributed by atoms with Crippen LogP contribution in [0.5, 0.6) is 11.8 Å². The minimum atomic E-state index is 0.0148. The molecule has 0 aliphatic carbocycles. The third kappa shape index (κ3) is 3.57. The van der Waals surface area contributed by atoms with Gasteiger partial charge in [-0.3, -0.25) is 0 Å². The zero-order valence-corrected chi connectivity index (χ0v) is 16.0. The van der Waals surface area contributed by atoms with Crippen molar-refractivity contribution in [3.63, 3.8) is 0 Å². The van der Waals surface area contributed by atoms with E-state index in [1.165, 1.54) is 5.56 Å². The van der Waals surface area contributed by atoms with E-state index in [0.717, 1.165) is 34.6 Å². The predicted molar refractivity (Wildman–Crippen MR) is 106 cm³/mol. The summed E-state index contributed by atoms with van der Waals surface area (Å²) in [4.78, 5) is 11.4. The number of aromatic nitrogens is 2. The molecular weight excluding hydrogens is 326 g/mol. The van der Waals surface area contributed by atoms with Gasteiger partial charge in [-0.1, -0.05) is 19.1 Å². The Hall–Kier alpha value is -2.82. The molecule has 0 aliphatic rings. The maximum atomic E-state index is 5.79. The van der Waals surface area contributed by atoms with Crippen molar-refractivity contribution in [2.75, 3.05) is 19.1 Å². The average Bonchev–Trinajstić information content (AvgIpc) is 2.65. The fraction of sp³-hybridized carbons (Fsp3) is 0.333. The van der Waals surface area contributed by atoms with E-state index >= 15 is 0 Å². The molecule has 0 radical (unpaired) electrons. The van der Waals surface area contributed by atoms with Gasteiger partial charge in [0.05, 0.1) is 18.7 Å². The third-order valence-electron chi connectivity index (χ3n) is 4.27. The van der Waals surface area contributed by atoms with Gasteiger partial charge in [0.1, 0.15) is 11.6 Å². The third-order valence-corrected chi connectivity index (χ3v) is 4.27. The summed E-state index contributed by atoms with van der Waals surface area (Å²) in [5.41, 5.74) is 3.13. The molecule has 0 spiro atoms. The Balaban J connectivity index is 2.16. The molecular formula is C21H25N3O2. The van der Waals surface area contributed by atoms with E-state index in [1.807, 2.05) is 57.3 Å². The van der Waals surface area contributed by atoms with Crippen LogP contribution < -0.4 is 14.4 Å². The fourth-order valence-corrected chi connectivity index (χ4v) is 2.94. The Bertz CT molecular complexity index is 892. The Labute approximate surface area is 154 Å². The first-order valence-corrected chi connectivity index (χ1v) is 8.87. The van der Waals surface area contributed by atoms with Gasteiger partial charge >= 0.3 is 6.01 Å². The first kappa shape index (κ1) is 18.0. The van der Waals surface area contributed by atoms with Crippen molar-refractivity contribution in [1.82, 2.24) is 9.97 Å². The molecule has 2 aromatic carbocycles. The molecule has 0 saturated carbocycles. The van der Waals surface area contributed by atoms with Gasteiger partial charge in [-0.25, -0.2) is 0 Å². The highest BCUT2D eigenvalue weighted by atomic mass is 16.5. The monoisotopic (exact) mass is 351 g/mol. The highest BCUT2D eigenvalue weighted by Crippen LogP contribution is 2.33. The number of ether oxygens (including phenoxy) is 2. The molecule has 0 unspecified atom stereocenters. The van der Waals surface area contributed by atoms with Gasteiger partial charge in [0.2, 0.25) is 0 Å². The number of hydrogen-bond donors (Lipinski definition) is 0. The largest absolute Gasteiger partial charge is 0.497 e. The van der Waals surface area contributed by atoms with E-state index < -0.39 is 0 Å². The van der Waals surface area contributed by atoms with Gasteiger partial charge in [0.15, 0.2) is 0 Å². The molecule has 0 saturated heterocycles. The zero-order chi connectivity index (χ0) is 18.7. The van der Waals surface area contributed by atoms with Gasteiger partial charge in [-0.05, 0) is 56.2 Å². The Morgan fingerprint density at radius 2 is 1.77 bits per heavy atom. The van der Waals surface area contributed by atoms with Crippen LogP contribution in [-0.4, -0.2) is 30.2 Å². The Kier molecular flexibility index (Phi) is 5.26. The second-order valence-electron chi connectivity index (χ2n) is 6.42. The van der Waals surface area contributed by atoms with Gasteiger partial charge in [-0.15, -0.1) is 0 Å². The lowest BCUT2D eigenvalue weighted by Gasteiger charge is -2.22. The molecule has 1 aromatic heterocycles. The lowest BCUT2D eigenvalue weighted by Crippen LogP contribution is -2.15. The maximum absolute atomic E-state index is 5.79. The number of hydrogen-bond acceptors (Lipinski definition) is 5. The van der Waals surface area contributed by atoms with E-state index in [4.69, 9.17) is 14.5 Å². The maximum Gasteiger partial charge on any atom is 0.319 e. The molecule has 1 heterocycles. The van der Waals surface area contributed by atoms with Crippen LogP contribution in [0, 0.1) is 0 Å². The highest BCUT2D eigenvalue weighted by Gasteiger charge is 2.17. The van der Waals surface area contributed by atoms with Crippen LogP contribution in [-0.2, 0) is 6.42 Å². The second kappa shape index (κ2) is 7.60. The number of fused-ring (bicyclic) bond motifs is 1. The molecule has 5 nitrogen and oxygen atoms in total. The van der Waals surface area contributed by atoms with E-state index in [9.17, 15) is 0 Å². The summed E-state index contributed by atoms with van der Waals surface area (Å²) in [7, 11) is 3.68. The van der Waals surface area contributed by atoms with Crippen molar-refractivity contribution in [2.45, 2.75) is 33.3 Å². The van der Waals surface area contributed by atoms with Gasteiger partial charge < -0.3 is 14.4 Å². The number of nitrogens with zero attached hydrogens (tertiary/aromatic N) is 3. The first-order valence-electron chi connectivity index (χ1n) is 8.87. The van der Waals surface area contributed by atoms with E-state index in [1.54, 1.807) is 7.11 Å².